The number of ether oxygens (including phenoxy) is 3. The van der Waals surface area contributed by atoms with E-state index in [9.17, 15) is 0 Å². The van der Waals surface area contributed by atoms with Crippen molar-refractivity contribution in [1.29, 1.82) is 0 Å². The van der Waals surface area contributed by atoms with Gasteiger partial charge in [-0.25, -0.2) is 0 Å². The molecule has 0 aliphatic heterocycles. The van der Waals surface area contributed by atoms with Crippen LogP contribution in [0.5, 0.6) is 5.75 Å². The monoisotopic (exact) mass is 279 g/mol. The maximum Gasteiger partial charge on any atom is 0.169 e. The molecule has 0 amide bonds. The highest BCUT2D eigenvalue weighted by Gasteiger charge is 2.25. The molecule has 20 heavy (non-hydrogen) atoms. The van der Waals surface area contributed by atoms with E-state index in [0.717, 1.165) is 18.7 Å². The van der Waals surface area contributed by atoms with Crippen molar-refractivity contribution in [2.24, 2.45) is 0 Å². The summed E-state index contributed by atoms with van der Waals surface area (Å²) in [6.45, 7) is 0.767. The molecule has 0 aromatic heterocycles. The molecule has 1 aliphatic rings. The summed E-state index contributed by atoms with van der Waals surface area (Å²) >= 11 is 0. The average Bonchev–Trinajstić information content (AvgIpc) is 2.51. The minimum absolute atomic E-state index is 0.177. The number of fused-ring (bicyclic) bond motifs is 1. The second-order valence-electron chi connectivity index (χ2n) is 5.31. The van der Waals surface area contributed by atoms with Crippen LogP contribution in [0.15, 0.2) is 18.2 Å². The van der Waals surface area contributed by atoms with Crippen molar-refractivity contribution in [3.63, 3.8) is 0 Å². The molecule has 0 spiro atoms. The fourth-order valence-corrected chi connectivity index (χ4v) is 2.96. The van der Waals surface area contributed by atoms with Gasteiger partial charge in [-0.1, -0.05) is 6.07 Å². The number of rotatable bonds is 6. The molecular formula is C16H25NO3. The molecule has 0 unspecified atom stereocenters. The zero-order valence-electron chi connectivity index (χ0n) is 12.9. The topological polar surface area (TPSA) is 30.9 Å². The average molecular weight is 279 g/mol. The number of benzene rings is 1. The maximum absolute atomic E-state index is 5.32. The predicted octanol–water partition coefficient (Wildman–Crippen LogP) is 2.62. The molecule has 0 heterocycles. The summed E-state index contributed by atoms with van der Waals surface area (Å²) in [6.07, 6.45) is 3.34. The summed E-state index contributed by atoms with van der Waals surface area (Å²) in [5, 5.41) is 0. The first-order valence-corrected chi connectivity index (χ1v) is 7.12. The van der Waals surface area contributed by atoms with Crippen LogP contribution < -0.4 is 4.74 Å². The maximum atomic E-state index is 5.32. The molecule has 0 saturated heterocycles. The number of hydrogen-bond acceptors (Lipinski definition) is 4. The summed E-state index contributed by atoms with van der Waals surface area (Å²) in [5.74, 6) is 0.943. The Morgan fingerprint density at radius 1 is 1.25 bits per heavy atom. The van der Waals surface area contributed by atoms with Gasteiger partial charge < -0.3 is 14.2 Å². The van der Waals surface area contributed by atoms with Gasteiger partial charge in [0.25, 0.3) is 0 Å². The van der Waals surface area contributed by atoms with Crippen LogP contribution in [0.1, 0.15) is 30.0 Å². The first-order chi connectivity index (χ1) is 9.69. The summed E-state index contributed by atoms with van der Waals surface area (Å²) in [6, 6.07) is 6.84. The van der Waals surface area contributed by atoms with Crippen molar-refractivity contribution >= 4 is 0 Å². The van der Waals surface area contributed by atoms with Gasteiger partial charge in [-0.3, -0.25) is 4.90 Å². The molecule has 1 aliphatic carbocycles. The van der Waals surface area contributed by atoms with Gasteiger partial charge in [-0.05, 0) is 49.6 Å². The van der Waals surface area contributed by atoms with Crippen LogP contribution in [0.4, 0.5) is 0 Å². The van der Waals surface area contributed by atoms with Crippen LogP contribution >= 0.6 is 0 Å². The molecular weight excluding hydrogens is 254 g/mol. The van der Waals surface area contributed by atoms with E-state index in [1.54, 1.807) is 21.3 Å². The van der Waals surface area contributed by atoms with Crippen molar-refractivity contribution in [3.05, 3.63) is 29.3 Å². The summed E-state index contributed by atoms with van der Waals surface area (Å²) in [7, 11) is 7.22. The Kier molecular flexibility index (Phi) is 5.40. The number of likely N-dealkylation sites (N-methyl/N-ethyl adjacent to an activating group) is 1. The Bertz CT molecular complexity index is 432. The van der Waals surface area contributed by atoms with Crippen molar-refractivity contribution in [3.8, 4) is 5.75 Å². The van der Waals surface area contributed by atoms with E-state index in [4.69, 9.17) is 14.2 Å². The normalized spacial score (nSPS) is 18.4. The molecule has 0 saturated carbocycles. The quantitative estimate of drug-likeness (QED) is 0.749. The Balaban J connectivity index is 2.15. The number of methoxy groups -OCH3 is 3. The molecule has 1 atom stereocenters. The van der Waals surface area contributed by atoms with E-state index < -0.39 is 0 Å². The van der Waals surface area contributed by atoms with Crippen LogP contribution in [-0.2, 0) is 15.9 Å². The zero-order chi connectivity index (χ0) is 14.5. The Morgan fingerprint density at radius 3 is 2.65 bits per heavy atom. The van der Waals surface area contributed by atoms with Crippen LogP contribution in [0, 0.1) is 0 Å². The van der Waals surface area contributed by atoms with Crippen LogP contribution in [-0.4, -0.2) is 46.1 Å². The lowest BCUT2D eigenvalue weighted by molar-refractivity contribution is -0.118. The third kappa shape index (κ3) is 3.32. The molecule has 4 heteroatoms. The minimum Gasteiger partial charge on any atom is -0.497 e. The van der Waals surface area contributed by atoms with Crippen molar-refractivity contribution in [2.45, 2.75) is 31.6 Å². The highest BCUT2D eigenvalue weighted by atomic mass is 16.7. The van der Waals surface area contributed by atoms with E-state index in [2.05, 4.69) is 30.1 Å². The minimum atomic E-state index is -0.177. The van der Waals surface area contributed by atoms with E-state index >= 15 is 0 Å². The number of hydrogen-bond donors (Lipinski definition) is 0. The van der Waals surface area contributed by atoms with Crippen molar-refractivity contribution < 1.29 is 14.2 Å². The SMILES string of the molecule is COc1ccc2c(c1)CCC[C@@H]2N(C)CC(OC)OC. The lowest BCUT2D eigenvalue weighted by Gasteiger charge is -2.34. The lowest BCUT2D eigenvalue weighted by atomic mass is 9.87. The van der Waals surface area contributed by atoms with Crippen molar-refractivity contribution in [1.82, 2.24) is 4.90 Å². The van der Waals surface area contributed by atoms with Gasteiger partial charge in [0.2, 0.25) is 0 Å². The molecule has 112 valence electrons. The Labute approximate surface area is 121 Å². The number of aryl methyl sites for hydroxylation is 1. The van der Waals surface area contributed by atoms with Gasteiger partial charge in [0, 0.05) is 26.8 Å². The number of nitrogens with zero attached hydrogens (tertiary/aromatic N) is 1. The third-order valence-corrected chi connectivity index (χ3v) is 4.13. The molecule has 2 rings (SSSR count). The van der Waals surface area contributed by atoms with Crippen LogP contribution in [0.2, 0.25) is 0 Å². The van der Waals surface area contributed by atoms with Crippen molar-refractivity contribution in [2.75, 3.05) is 34.9 Å². The summed E-state index contributed by atoms with van der Waals surface area (Å²) < 4.78 is 15.9. The van der Waals surface area contributed by atoms with Gasteiger partial charge in [0.15, 0.2) is 6.29 Å². The van der Waals surface area contributed by atoms with Gasteiger partial charge in [-0.15, -0.1) is 0 Å². The predicted molar refractivity (Wildman–Crippen MR) is 79.1 cm³/mol. The molecule has 0 fully saturated rings. The summed E-state index contributed by atoms with van der Waals surface area (Å²) in [5.41, 5.74) is 2.81. The third-order valence-electron chi connectivity index (χ3n) is 4.13. The van der Waals surface area contributed by atoms with E-state index in [1.807, 2.05) is 0 Å². The molecule has 0 N–H and O–H groups in total. The van der Waals surface area contributed by atoms with E-state index in [0.29, 0.717) is 6.04 Å². The fourth-order valence-electron chi connectivity index (χ4n) is 2.96. The second kappa shape index (κ2) is 7.07. The molecule has 4 nitrogen and oxygen atoms in total. The fraction of sp³-hybridized carbons (Fsp3) is 0.625. The Hall–Kier alpha value is -1.10. The molecule has 0 radical (unpaired) electrons. The Morgan fingerprint density at radius 2 is 2.00 bits per heavy atom. The van der Waals surface area contributed by atoms with Gasteiger partial charge in [0.05, 0.1) is 7.11 Å². The van der Waals surface area contributed by atoms with Gasteiger partial charge in [-0.2, -0.15) is 0 Å². The second-order valence-corrected chi connectivity index (χ2v) is 5.31. The molecule has 1 aromatic carbocycles. The van der Waals surface area contributed by atoms with E-state index in [1.165, 1.54) is 24.0 Å². The zero-order valence-corrected chi connectivity index (χ0v) is 12.9. The molecule has 1 aromatic rings. The lowest BCUT2D eigenvalue weighted by Crippen LogP contribution is -2.36. The highest BCUT2D eigenvalue weighted by Crippen LogP contribution is 2.35. The van der Waals surface area contributed by atoms with E-state index in [-0.39, 0.29) is 6.29 Å². The standard InChI is InChI=1S/C16H25NO3/c1-17(11-16(19-3)20-4)15-7-5-6-12-10-13(18-2)8-9-14(12)15/h8-10,15-16H,5-7,11H2,1-4H3/t15-/m0/s1. The first kappa shape index (κ1) is 15.3. The van der Waals surface area contributed by atoms with Crippen LogP contribution in [0.3, 0.4) is 0 Å². The molecule has 0 bridgehead atoms. The smallest absolute Gasteiger partial charge is 0.169 e. The van der Waals surface area contributed by atoms with Crippen LogP contribution in [0.25, 0.3) is 0 Å². The largest absolute Gasteiger partial charge is 0.497 e. The van der Waals surface area contributed by atoms with Gasteiger partial charge in [0.1, 0.15) is 5.75 Å². The highest BCUT2D eigenvalue weighted by molar-refractivity contribution is 5.39. The first-order valence-electron chi connectivity index (χ1n) is 7.12. The van der Waals surface area contributed by atoms with Gasteiger partial charge >= 0.3 is 0 Å². The summed E-state index contributed by atoms with van der Waals surface area (Å²) in [4.78, 5) is 2.32.